The topological polar surface area (TPSA) is 55.1 Å². The number of rotatable bonds is 4. The first-order chi connectivity index (χ1) is 11.2. The van der Waals surface area contributed by atoms with Gasteiger partial charge in [-0.2, -0.15) is 13.2 Å². The highest BCUT2D eigenvalue weighted by Gasteiger charge is 2.30. The molecule has 1 atom stereocenters. The molecule has 136 valence electrons. The van der Waals surface area contributed by atoms with Crippen molar-refractivity contribution in [3.05, 3.63) is 59.2 Å². The SMILES string of the molecule is Cc1ccc(N)cc1NC(=O)C(C)Cc1ccc(C(F)(F)F)cc1.Cl. The number of nitrogen functional groups attached to an aromatic ring is 1. The number of nitrogens with two attached hydrogens (primary N) is 1. The Balaban J connectivity index is 0.00000312. The number of carbonyl (C=O) groups excluding carboxylic acids is 1. The van der Waals surface area contributed by atoms with Crippen molar-refractivity contribution in [1.82, 2.24) is 0 Å². The van der Waals surface area contributed by atoms with Gasteiger partial charge in [-0.15, -0.1) is 12.4 Å². The van der Waals surface area contributed by atoms with E-state index in [0.29, 0.717) is 23.4 Å². The molecule has 2 rings (SSSR count). The van der Waals surface area contributed by atoms with Crippen LogP contribution in [0.25, 0.3) is 0 Å². The van der Waals surface area contributed by atoms with Gasteiger partial charge in [-0.25, -0.2) is 0 Å². The Labute approximate surface area is 150 Å². The van der Waals surface area contributed by atoms with Crippen molar-refractivity contribution in [2.45, 2.75) is 26.4 Å². The molecule has 0 aliphatic heterocycles. The van der Waals surface area contributed by atoms with E-state index >= 15 is 0 Å². The van der Waals surface area contributed by atoms with Gasteiger partial charge in [0.05, 0.1) is 5.56 Å². The van der Waals surface area contributed by atoms with Gasteiger partial charge in [0.2, 0.25) is 5.91 Å². The molecule has 0 bridgehead atoms. The fourth-order valence-electron chi connectivity index (χ4n) is 2.31. The van der Waals surface area contributed by atoms with Crippen molar-refractivity contribution in [3.63, 3.8) is 0 Å². The van der Waals surface area contributed by atoms with E-state index in [0.717, 1.165) is 17.7 Å². The molecule has 0 saturated heterocycles. The zero-order valence-electron chi connectivity index (χ0n) is 13.9. The minimum atomic E-state index is -4.35. The maximum Gasteiger partial charge on any atom is 0.416 e. The third-order valence-electron chi connectivity index (χ3n) is 3.79. The summed E-state index contributed by atoms with van der Waals surface area (Å²) in [5.41, 5.74) is 7.76. The number of benzene rings is 2. The van der Waals surface area contributed by atoms with E-state index in [2.05, 4.69) is 5.32 Å². The zero-order chi connectivity index (χ0) is 17.9. The highest BCUT2D eigenvalue weighted by molar-refractivity contribution is 5.93. The molecule has 0 aliphatic carbocycles. The molecule has 7 heteroatoms. The molecule has 0 heterocycles. The highest BCUT2D eigenvalue weighted by atomic mass is 35.5. The smallest absolute Gasteiger partial charge is 0.399 e. The Morgan fingerprint density at radius 1 is 1.16 bits per heavy atom. The Bertz CT molecular complexity index is 730. The van der Waals surface area contributed by atoms with Crippen molar-refractivity contribution in [2.75, 3.05) is 11.1 Å². The fraction of sp³-hybridized carbons (Fsp3) is 0.278. The Morgan fingerprint density at radius 2 is 1.76 bits per heavy atom. The molecular formula is C18H20ClF3N2O. The lowest BCUT2D eigenvalue weighted by atomic mass is 9.99. The average molecular weight is 373 g/mol. The van der Waals surface area contributed by atoms with Crippen molar-refractivity contribution in [1.29, 1.82) is 0 Å². The molecule has 2 aromatic rings. The predicted octanol–water partition coefficient (Wildman–Crippen LogP) is 4.84. The molecule has 0 fully saturated rings. The van der Waals surface area contributed by atoms with Crippen LogP contribution in [0.3, 0.4) is 0 Å². The van der Waals surface area contributed by atoms with Crippen molar-refractivity contribution >= 4 is 29.7 Å². The minimum Gasteiger partial charge on any atom is -0.399 e. The lowest BCUT2D eigenvalue weighted by Crippen LogP contribution is -2.22. The molecule has 3 nitrogen and oxygen atoms in total. The number of anilines is 2. The average Bonchev–Trinajstić information content (AvgIpc) is 2.50. The first-order valence-corrected chi connectivity index (χ1v) is 7.50. The number of aryl methyl sites for hydroxylation is 1. The van der Waals surface area contributed by atoms with Crippen molar-refractivity contribution in [2.24, 2.45) is 5.92 Å². The fourth-order valence-corrected chi connectivity index (χ4v) is 2.31. The van der Waals surface area contributed by atoms with Crippen LogP contribution in [0.4, 0.5) is 24.5 Å². The summed E-state index contributed by atoms with van der Waals surface area (Å²) in [6.45, 7) is 3.59. The zero-order valence-corrected chi connectivity index (χ0v) is 14.7. The number of hydrogen-bond donors (Lipinski definition) is 2. The summed E-state index contributed by atoms with van der Waals surface area (Å²) in [5.74, 6) is -0.592. The number of alkyl halides is 3. The number of nitrogens with one attached hydrogen (secondary N) is 1. The largest absolute Gasteiger partial charge is 0.416 e. The highest BCUT2D eigenvalue weighted by Crippen LogP contribution is 2.29. The molecule has 0 spiro atoms. The summed E-state index contributed by atoms with van der Waals surface area (Å²) in [5, 5.41) is 2.81. The van der Waals surface area contributed by atoms with Gasteiger partial charge in [0.1, 0.15) is 0 Å². The van der Waals surface area contributed by atoms with Crippen LogP contribution < -0.4 is 11.1 Å². The van der Waals surface area contributed by atoms with Crippen molar-refractivity contribution < 1.29 is 18.0 Å². The van der Waals surface area contributed by atoms with Gasteiger partial charge in [0.25, 0.3) is 0 Å². The van der Waals surface area contributed by atoms with E-state index in [1.54, 1.807) is 19.1 Å². The third-order valence-corrected chi connectivity index (χ3v) is 3.79. The molecule has 0 aromatic heterocycles. The number of amides is 1. The van der Waals surface area contributed by atoms with Crippen molar-refractivity contribution in [3.8, 4) is 0 Å². The van der Waals surface area contributed by atoms with E-state index in [9.17, 15) is 18.0 Å². The molecular weight excluding hydrogens is 353 g/mol. The van der Waals surface area contributed by atoms with E-state index in [1.807, 2.05) is 13.0 Å². The second-order valence-corrected chi connectivity index (χ2v) is 5.86. The lowest BCUT2D eigenvalue weighted by molar-refractivity contribution is -0.137. The first-order valence-electron chi connectivity index (χ1n) is 7.50. The second-order valence-electron chi connectivity index (χ2n) is 5.86. The van der Waals surface area contributed by atoms with Crippen LogP contribution in [0.15, 0.2) is 42.5 Å². The van der Waals surface area contributed by atoms with Gasteiger partial charge < -0.3 is 11.1 Å². The lowest BCUT2D eigenvalue weighted by Gasteiger charge is -2.15. The molecule has 3 N–H and O–H groups in total. The minimum absolute atomic E-state index is 0. The van der Waals surface area contributed by atoms with Gasteiger partial charge in [-0.1, -0.05) is 25.1 Å². The Kier molecular flexibility index (Phi) is 6.87. The van der Waals surface area contributed by atoms with Gasteiger partial charge in [0.15, 0.2) is 0 Å². The normalized spacial score (nSPS) is 12.2. The van der Waals surface area contributed by atoms with Crippen LogP contribution in [0.1, 0.15) is 23.6 Å². The van der Waals surface area contributed by atoms with Gasteiger partial charge >= 0.3 is 6.18 Å². The summed E-state index contributed by atoms with van der Waals surface area (Å²) < 4.78 is 37.6. The van der Waals surface area contributed by atoms with Crippen LogP contribution in [0.5, 0.6) is 0 Å². The summed E-state index contributed by atoms with van der Waals surface area (Å²) in [6.07, 6.45) is -4.00. The number of carbonyl (C=O) groups is 1. The van der Waals surface area contributed by atoms with Gasteiger partial charge in [0, 0.05) is 17.3 Å². The van der Waals surface area contributed by atoms with E-state index < -0.39 is 11.7 Å². The first kappa shape index (κ1) is 20.8. The molecule has 1 unspecified atom stereocenters. The van der Waals surface area contributed by atoms with E-state index in [-0.39, 0.29) is 24.2 Å². The monoisotopic (exact) mass is 372 g/mol. The third kappa shape index (κ3) is 5.67. The molecule has 0 aliphatic rings. The summed E-state index contributed by atoms with van der Waals surface area (Å²) in [6, 6.07) is 10.1. The molecule has 2 aromatic carbocycles. The summed E-state index contributed by atoms with van der Waals surface area (Å²) in [4.78, 5) is 12.3. The summed E-state index contributed by atoms with van der Waals surface area (Å²) in [7, 11) is 0. The Hall–Kier alpha value is -2.21. The van der Waals surface area contributed by atoms with Gasteiger partial charge in [-0.05, 0) is 48.7 Å². The van der Waals surface area contributed by atoms with Gasteiger partial charge in [-0.3, -0.25) is 4.79 Å². The van der Waals surface area contributed by atoms with E-state index in [1.165, 1.54) is 12.1 Å². The van der Waals surface area contributed by atoms with Crippen LogP contribution in [0, 0.1) is 12.8 Å². The van der Waals surface area contributed by atoms with E-state index in [4.69, 9.17) is 5.73 Å². The van der Waals surface area contributed by atoms with Crippen LogP contribution in [-0.4, -0.2) is 5.91 Å². The van der Waals surface area contributed by atoms with Crippen LogP contribution in [0.2, 0.25) is 0 Å². The summed E-state index contributed by atoms with van der Waals surface area (Å²) >= 11 is 0. The standard InChI is InChI=1S/C18H19F3N2O.ClH/c1-11-3-8-15(22)10-16(11)23-17(24)12(2)9-13-4-6-14(7-5-13)18(19,20)21;/h3-8,10,12H,9,22H2,1-2H3,(H,23,24);1H. The maximum absolute atomic E-state index is 12.5. The predicted molar refractivity (Wildman–Crippen MR) is 95.8 cm³/mol. The molecule has 0 saturated carbocycles. The number of halogens is 4. The molecule has 0 radical (unpaired) electrons. The van der Waals surface area contributed by atoms with Crippen LogP contribution in [-0.2, 0) is 17.4 Å². The molecule has 1 amide bonds. The molecule has 25 heavy (non-hydrogen) atoms. The number of hydrogen-bond acceptors (Lipinski definition) is 2. The maximum atomic E-state index is 12.5. The van der Waals surface area contributed by atoms with Crippen LogP contribution >= 0.6 is 12.4 Å². The Morgan fingerprint density at radius 3 is 2.32 bits per heavy atom. The second kappa shape index (κ2) is 8.25. The quantitative estimate of drug-likeness (QED) is 0.755.